The summed E-state index contributed by atoms with van der Waals surface area (Å²) in [7, 11) is 0. The molecule has 0 unspecified atom stereocenters. The quantitative estimate of drug-likeness (QED) is 0.251. The van der Waals surface area contributed by atoms with Crippen molar-refractivity contribution in [3.8, 4) is 0 Å². The second kappa shape index (κ2) is 5.00. The Morgan fingerprint density at radius 3 is 1.45 bits per heavy atom. The number of aromatic nitrogens is 4. The number of fused-ring (bicyclic) bond motifs is 2. The van der Waals surface area contributed by atoms with Gasteiger partial charge in [-0.15, -0.1) is 0 Å². The lowest BCUT2D eigenvalue weighted by molar-refractivity contribution is 1.30. The highest BCUT2D eigenvalue weighted by Crippen LogP contribution is 2.19. The molecule has 2 aromatic carbocycles. The SMILES string of the molecule is S=c1[nH]c2ccc(NNc3ccc4[nH]c(=S)[nH]c4c3)cc2[nH]1. The highest BCUT2D eigenvalue weighted by atomic mass is 32.1. The summed E-state index contributed by atoms with van der Waals surface area (Å²) in [5, 5.41) is 0. The van der Waals surface area contributed by atoms with Crippen molar-refractivity contribution in [2.75, 3.05) is 10.9 Å². The molecule has 4 aromatic rings. The van der Waals surface area contributed by atoms with E-state index in [4.69, 9.17) is 24.4 Å². The van der Waals surface area contributed by atoms with Crippen molar-refractivity contribution < 1.29 is 0 Å². The topological polar surface area (TPSA) is 87.2 Å². The molecule has 0 atom stereocenters. The van der Waals surface area contributed by atoms with E-state index in [1.165, 1.54) is 0 Å². The van der Waals surface area contributed by atoms with Crippen LogP contribution < -0.4 is 10.9 Å². The molecule has 22 heavy (non-hydrogen) atoms. The first kappa shape index (κ1) is 13.1. The van der Waals surface area contributed by atoms with Crippen molar-refractivity contribution in [2.45, 2.75) is 0 Å². The molecule has 0 aliphatic heterocycles. The third-order valence-electron chi connectivity index (χ3n) is 3.38. The maximum Gasteiger partial charge on any atom is 0.175 e. The van der Waals surface area contributed by atoms with Crippen LogP contribution in [0.1, 0.15) is 0 Å². The summed E-state index contributed by atoms with van der Waals surface area (Å²) >= 11 is 10.2. The molecule has 110 valence electrons. The minimum Gasteiger partial charge on any atom is -0.331 e. The van der Waals surface area contributed by atoms with Gasteiger partial charge in [0.05, 0.1) is 33.4 Å². The third-order valence-corrected chi connectivity index (χ3v) is 3.79. The van der Waals surface area contributed by atoms with Gasteiger partial charge in [-0.25, -0.2) is 0 Å². The normalized spacial score (nSPS) is 11.1. The number of imidazole rings is 2. The Morgan fingerprint density at radius 1 is 0.591 bits per heavy atom. The van der Waals surface area contributed by atoms with Crippen LogP contribution in [0.15, 0.2) is 36.4 Å². The molecular formula is C14H12N6S2. The summed E-state index contributed by atoms with van der Waals surface area (Å²) in [5.74, 6) is 0. The number of rotatable bonds is 3. The van der Waals surface area contributed by atoms with Gasteiger partial charge in [0.25, 0.3) is 0 Å². The zero-order valence-corrected chi connectivity index (χ0v) is 12.9. The van der Waals surface area contributed by atoms with Crippen LogP contribution in [0.3, 0.4) is 0 Å². The highest BCUT2D eigenvalue weighted by Gasteiger charge is 2.00. The third kappa shape index (κ3) is 2.38. The second-order valence-corrected chi connectivity index (χ2v) is 5.75. The molecule has 0 radical (unpaired) electrons. The van der Waals surface area contributed by atoms with Gasteiger partial charge in [-0.3, -0.25) is 0 Å². The molecule has 0 fully saturated rings. The Bertz CT molecular complexity index is 996. The van der Waals surface area contributed by atoms with Crippen molar-refractivity contribution in [1.29, 1.82) is 0 Å². The summed E-state index contributed by atoms with van der Waals surface area (Å²) in [4.78, 5) is 12.3. The molecule has 0 aliphatic rings. The average Bonchev–Trinajstić information content (AvgIpc) is 3.04. The van der Waals surface area contributed by atoms with Gasteiger partial charge in [0.2, 0.25) is 0 Å². The second-order valence-electron chi connectivity index (χ2n) is 4.93. The molecule has 6 N–H and O–H groups in total. The van der Waals surface area contributed by atoms with Crippen LogP contribution in [0.4, 0.5) is 11.4 Å². The summed E-state index contributed by atoms with van der Waals surface area (Å²) in [5.41, 5.74) is 12.1. The summed E-state index contributed by atoms with van der Waals surface area (Å²) in [6.45, 7) is 0. The van der Waals surface area contributed by atoms with Crippen LogP contribution in [0, 0.1) is 9.54 Å². The van der Waals surface area contributed by atoms with Crippen LogP contribution >= 0.6 is 24.4 Å². The minimum absolute atomic E-state index is 0.619. The van der Waals surface area contributed by atoms with Gasteiger partial charge in [0, 0.05) is 0 Å². The number of hydrazine groups is 1. The average molecular weight is 328 g/mol. The van der Waals surface area contributed by atoms with Gasteiger partial charge < -0.3 is 30.8 Å². The Hall–Kier alpha value is -2.58. The van der Waals surface area contributed by atoms with Crippen LogP contribution in [-0.4, -0.2) is 19.9 Å². The van der Waals surface area contributed by atoms with Crippen molar-refractivity contribution in [3.63, 3.8) is 0 Å². The lowest BCUT2D eigenvalue weighted by Crippen LogP contribution is -2.08. The zero-order chi connectivity index (χ0) is 15.1. The number of hydrogen-bond acceptors (Lipinski definition) is 4. The Balaban J connectivity index is 1.58. The molecule has 0 spiro atoms. The van der Waals surface area contributed by atoms with Gasteiger partial charge in [-0.1, -0.05) is 0 Å². The summed E-state index contributed by atoms with van der Waals surface area (Å²) < 4.78 is 1.24. The van der Waals surface area contributed by atoms with E-state index in [0.717, 1.165) is 33.4 Å². The number of hydrogen-bond donors (Lipinski definition) is 6. The predicted molar refractivity (Wildman–Crippen MR) is 94.2 cm³/mol. The van der Waals surface area contributed by atoms with Crippen molar-refractivity contribution >= 4 is 57.9 Å². The Labute approximate surface area is 134 Å². The lowest BCUT2D eigenvalue weighted by atomic mass is 10.3. The van der Waals surface area contributed by atoms with Gasteiger partial charge in [0.1, 0.15) is 0 Å². The zero-order valence-electron chi connectivity index (χ0n) is 11.3. The first-order chi connectivity index (χ1) is 10.7. The van der Waals surface area contributed by atoms with Crippen LogP contribution in [0.25, 0.3) is 22.1 Å². The molecule has 2 aromatic heterocycles. The van der Waals surface area contributed by atoms with Crippen molar-refractivity contribution in [1.82, 2.24) is 19.9 Å². The Morgan fingerprint density at radius 2 is 1.00 bits per heavy atom. The van der Waals surface area contributed by atoms with Gasteiger partial charge in [-0.2, -0.15) is 0 Å². The van der Waals surface area contributed by atoms with Crippen LogP contribution in [0.2, 0.25) is 0 Å². The fourth-order valence-corrected chi connectivity index (χ4v) is 2.80. The van der Waals surface area contributed by atoms with E-state index in [1.54, 1.807) is 0 Å². The molecule has 0 saturated carbocycles. The van der Waals surface area contributed by atoms with Gasteiger partial charge in [-0.05, 0) is 60.8 Å². The van der Waals surface area contributed by atoms with E-state index < -0.39 is 0 Å². The fourth-order valence-electron chi connectivity index (χ4n) is 2.36. The maximum atomic E-state index is 5.08. The maximum absolute atomic E-state index is 5.08. The van der Waals surface area contributed by atoms with Gasteiger partial charge in [0.15, 0.2) is 9.54 Å². The lowest BCUT2D eigenvalue weighted by Gasteiger charge is -2.09. The van der Waals surface area contributed by atoms with E-state index >= 15 is 0 Å². The molecular weight excluding hydrogens is 316 g/mol. The standard InChI is InChI=1S/C14H12N6S2/c21-13-15-9-3-1-7(5-11(9)17-13)19-20-8-2-4-10-12(6-8)18-14(22)16-10/h1-6,19-20H,(H2,15,17,21)(H2,16,18,22). The first-order valence-electron chi connectivity index (χ1n) is 6.63. The molecule has 0 aliphatic carbocycles. The van der Waals surface area contributed by atoms with E-state index in [-0.39, 0.29) is 0 Å². The van der Waals surface area contributed by atoms with E-state index in [1.807, 2.05) is 36.4 Å². The molecule has 0 saturated heterocycles. The van der Waals surface area contributed by atoms with E-state index in [9.17, 15) is 0 Å². The smallest absolute Gasteiger partial charge is 0.175 e. The van der Waals surface area contributed by atoms with E-state index in [0.29, 0.717) is 9.54 Å². The molecule has 6 nitrogen and oxygen atoms in total. The number of aromatic amines is 4. The van der Waals surface area contributed by atoms with E-state index in [2.05, 4.69) is 30.8 Å². The van der Waals surface area contributed by atoms with Crippen molar-refractivity contribution in [3.05, 3.63) is 45.9 Å². The monoisotopic (exact) mass is 328 g/mol. The highest BCUT2D eigenvalue weighted by molar-refractivity contribution is 7.71. The van der Waals surface area contributed by atoms with Crippen LogP contribution in [-0.2, 0) is 0 Å². The molecule has 2 heterocycles. The number of anilines is 2. The molecule has 0 amide bonds. The number of benzene rings is 2. The summed E-state index contributed by atoms with van der Waals surface area (Å²) in [6.07, 6.45) is 0. The molecule has 0 bridgehead atoms. The summed E-state index contributed by atoms with van der Waals surface area (Å²) in [6, 6.07) is 11.8. The number of H-pyrrole nitrogens is 4. The number of nitrogens with one attached hydrogen (secondary N) is 6. The molecule has 4 rings (SSSR count). The minimum atomic E-state index is 0.619. The fraction of sp³-hybridized carbons (Fsp3) is 0. The Kier molecular flexibility index (Phi) is 2.98. The van der Waals surface area contributed by atoms with Crippen molar-refractivity contribution in [2.24, 2.45) is 0 Å². The predicted octanol–water partition coefficient (Wildman–Crippen LogP) is 4.20. The van der Waals surface area contributed by atoms with Gasteiger partial charge >= 0.3 is 0 Å². The first-order valence-corrected chi connectivity index (χ1v) is 7.45. The largest absolute Gasteiger partial charge is 0.331 e. The van der Waals surface area contributed by atoms with Crippen LogP contribution in [0.5, 0.6) is 0 Å². The molecule has 8 heteroatoms.